The van der Waals surface area contributed by atoms with E-state index in [1.807, 2.05) is 97.1 Å². The van der Waals surface area contributed by atoms with Crippen LogP contribution in [0.25, 0.3) is 22.3 Å². The summed E-state index contributed by atoms with van der Waals surface area (Å²) < 4.78 is 32.5. The van der Waals surface area contributed by atoms with Gasteiger partial charge in [0.25, 0.3) is 7.37 Å². The Kier molecular flexibility index (Phi) is 4.77. The summed E-state index contributed by atoms with van der Waals surface area (Å²) in [7, 11) is -5.56. The SMILES string of the molecule is CP1(=O)Oc2cc(-c3ccc(P(C)(=O)c4ccccc4)cc3)ccc2-c2ccccc21. The summed E-state index contributed by atoms with van der Waals surface area (Å²) in [6, 6.07) is 31.1. The molecule has 0 radical (unpaired) electrons. The van der Waals surface area contributed by atoms with Gasteiger partial charge in [0.1, 0.15) is 12.9 Å². The quantitative estimate of drug-likeness (QED) is 0.370. The molecule has 0 amide bonds. The summed E-state index contributed by atoms with van der Waals surface area (Å²) in [5, 5.41) is 2.44. The zero-order valence-electron chi connectivity index (χ0n) is 17.4. The number of hydrogen-bond donors (Lipinski definition) is 0. The Bertz CT molecular complexity index is 1380. The first-order valence-electron chi connectivity index (χ1n) is 10.1. The number of benzene rings is 4. The van der Waals surface area contributed by atoms with Gasteiger partial charge < -0.3 is 9.09 Å². The number of hydrogen-bond acceptors (Lipinski definition) is 3. The van der Waals surface area contributed by atoms with Crippen LogP contribution in [0.2, 0.25) is 0 Å². The van der Waals surface area contributed by atoms with Crippen molar-refractivity contribution in [3.8, 4) is 28.0 Å². The first-order chi connectivity index (χ1) is 14.9. The van der Waals surface area contributed by atoms with Gasteiger partial charge in [-0.15, -0.1) is 0 Å². The van der Waals surface area contributed by atoms with Crippen LogP contribution in [0.5, 0.6) is 5.75 Å². The highest BCUT2D eigenvalue weighted by Crippen LogP contribution is 2.52. The summed E-state index contributed by atoms with van der Waals surface area (Å²) in [5.41, 5.74) is 3.88. The molecule has 2 unspecified atom stereocenters. The summed E-state index contributed by atoms with van der Waals surface area (Å²) in [4.78, 5) is 0. The molecule has 0 aromatic heterocycles. The minimum atomic E-state index is -2.92. The Morgan fingerprint density at radius 2 is 1.32 bits per heavy atom. The zero-order valence-corrected chi connectivity index (χ0v) is 19.1. The molecule has 0 fully saturated rings. The van der Waals surface area contributed by atoms with Crippen molar-refractivity contribution < 1.29 is 13.7 Å². The molecule has 3 nitrogen and oxygen atoms in total. The van der Waals surface area contributed by atoms with E-state index in [9.17, 15) is 9.13 Å². The van der Waals surface area contributed by atoms with Gasteiger partial charge in [0.05, 0.1) is 5.30 Å². The van der Waals surface area contributed by atoms with Crippen LogP contribution >= 0.6 is 14.5 Å². The second-order valence-electron chi connectivity index (χ2n) is 7.97. The fourth-order valence-electron chi connectivity index (χ4n) is 4.09. The third-order valence-electron chi connectivity index (χ3n) is 5.83. The maximum absolute atomic E-state index is 13.4. The van der Waals surface area contributed by atoms with Crippen molar-refractivity contribution in [1.82, 2.24) is 0 Å². The lowest BCUT2D eigenvalue weighted by Crippen LogP contribution is -2.16. The molecule has 0 spiro atoms. The van der Waals surface area contributed by atoms with E-state index < -0.39 is 14.5 Å². The normalized spacial score (nSPS) is 18.9. The minimum absolute atomic E-state index is 0.636. The van der Waals surface area contributed by atoms with Crippen molar-refractivity contribution in [2.24, 2.45) is 0 Å². The lowest BCUT2D eigenvalue weighted by atomic mass is 9.99. The molecule has 154 valence electrons. The Balaban J connectivity index is 1.52. The maximum Gasteiger partial charge on any atom is 0.274 e. The summed E-state index contributed by atoms with van der Waals surface area (Å²) in [6.45, 7) is 3.47. The standard InChI is InChI=1S/C26H22O3P2/c1-30(27,21-8-4-3-5-9-21)22-15-12-19(13-16-22)20-14-17-23-24-10-6-7-11-26(24)31(2,28)29-25(23)18-20/h3-18H,1-2H3. The Morgan fingerprint density at radius 3 is 2.06 bits per heavy atom. The van der Waals surface area contributed by atoms with Crippen molar-refractivity contribution in [2.45, 2.75) is 0 Å². The summed E-state index contributed by atoms with van der Waals surface area (Å²) >= 11 is 0. The van der Waals surface area contributed by atoms with Crippen LogP contribution in [0.4, 0.5) is 0 Å². The van der Waals surface area contributed by atoms with Gasteiger partial charge in [-0.2, -0.15) is 0 Å². The number of fused-ring (bicyclic) bond motifs is 3. The van der Waals surface area contributed by atoms with E-state index in [4.69, 9.17) is 4.52 Å². The van der Waals surface area contributed by atoms with E-state index in [1.54, 1.807) is 13.3 Å². The highest BCUT2D eigenvalue weighted by atomic mass is 31.2. The van der Waals surface area contributed by atoms with Gasteiger partial charge in [0, 0.05) is 22.8 Å². The number of rotatable bonds is 3. The highest BCUT2D eigenvalue weighted by Gasteiger charge is 2.31. The molecule has 1 heterocycles. The highest BCUT2D eigenvalue weighted by molar-refractivity contribution is 7.78. The molecule has 4 aromatic rings. The van der Waals surface area contributed by atoms with Crippen LogP contribution in [0.15, 0.2) is 97.1 Å². The molecular formula is C26H22O3P2. The predicted octanol–water partition coefficient (Wildman–Crippen LogP) is 5.89. The van der Waals surface area contributed by atoms with Crippen molar-refractivity contribution in [2.75, 3.05) is 13.3 Å². The molecule has 5 rings (SSSR count). The van der Waals surface area contributed by atoms with Gasteiger partial charge in [-0.1, -0.05) is 78.9 Å². The zero-order chi connectivity index (χ0) is 21.6. The fraction of sp³-hybridized carbons (Fsp3) is 0.0769. The van der Waals surface area contributed by atoms with Crippen molar-refractivity contribution in [1.29, 1.82) is 0 Å². The van der Waals surface area contributed by atoms with E-state index >= 15 is 0 Å². The van der Waals surface area contributed by atoms with E-state index in [2.05, 4.69) is 0 Å². The summed E-state index contributed by atoms with van der Waals surface area (Å²) in [5.74, 6) is 0.636. The van der Waals surface area contributed by atoms with E-state index in [0.717, 1.165) is 38.2 Å². The smallest absolute Gasteiger partial charge is 0.274 e. The van der Waals surface area contributed by atoms with Gasteiger partial charge in [-0.3, -0.25) is 4.57 Å². The van der Waals surface area contributed by atoms with E-state index in [0.29, 0.717) is 5.75 Å². The van der Waals surface area contributed by atoms with Crippen molar-refractivity contribution in [3.05, 3.63) is 97.1 Å². The van der Waals surface area contributed by atoms with Crippen LogP contribution in [-0.4, -0.2) is 13.3 Å². The third kappa shape index (κ3) is 3.49. The second kappa shape index (κ2) is 7.38. The lowest BCUT2D eigenvalue weighted by Gasteiger charge is -2.26. The molecular weight excluding hydrogens is 422 g/mol. The van der Waals surface area contributed by atoms with E-state index in [-0.39, 0.29) is 0 Å². The van der Waals surface area contributed by atoms with Crippen LogP contribution in [-0.2, 0) is 9.13 Å². The monoisotopic (exact) mass is 444 g/mol. The molecule has 4 aromatic carbocycles. The Hall–Kier alpha value is -2.86. The third-order valence-corrected chi connectivity index (χ3v) is 10.2. The Labute approximate surface area is 182 Å². The topological polar surface area (TPSA) is 43.4 Å². The molecule has 2 atom stereocenters. The van der Waals surface area contributed by atoms with Gasteiger partial charge in [-0.25, -0.2) is 0 Å². The fourth-order valence-corrected chi connectivity index (χ4v) is 7.46. The first-order valence-corrected chi connectivity index (χ1v) is 14.3. The van der Waals surface area contributed by atoms with Gasteiger partial charge in [0.15, 0.2) is 0 Å². The van der Waals surface area contributed by atoms with Gasteiger partial charge in [-0.05, 0) is 41.6 Å². The van der Waals surface area contributed by atoms with Crippen LogP contribution < -0.4 is 20.4 Å². The molecule has 1 aliphatic rings. The van der Waals surface area contributed by atoms with E-state index in [1.165, 1.54) is 0 Å². The van der Waals surface area contributed by atoms with Crippen LogP contribution in [0, 0.1) is 0 Å². The molecule has 0 aliphatic carbocycles. The largest absolute Gasteiger partial charge is 0.439 e. The van der Waals surface area contributed by atoms with Gasteiger partial charge >= 0.3 is 0 Å². The molecule has 0 saturated carbocycles. The molecule has 0 N–H and O–H groups in total. The lowest BCUT2D eigenvalue weighted by molar-refractivity contribution is 0.497. The predicted molar refractivity (Wildman–Crippen MR) is 130 cm³/mol. The minimum Gasteiger partial charge on any atom is -0.439 e. The average Bonchev–Trinajstić information content (AvgIpc) is 2.79. The van der Waals surface area contributed by atoms with Gasteiger partial charge in [0.2, 0.25) is 0 Å². The first kappa shape index (κ1) is 20.1. The second-order valence-corrected chi connectivity index (χ2v) is 13.2. The molecule has 1 aliphatic heterocycles. The van der Waals surface area contributed by atoms with Crippen molar-refractivity contribution in [3.63, 3.8) is 0 Å². The maximum atomic E-state index is 13.4. The molecule has 0 saturated heterocycles. The Morgan fingerprint density at radius 1 is 0.710 bits per heavy atom. The summed E-state index contributed by atoms with van der Waals surface area (Å²) in [6.07, 6.45) is 0. The molecule has 5 heteroatoms. The van der Waals surface area contributed by atoms with Crippen molar-refractivity contribution >= 4 is 30.4 Å². The average molecular weight is 444 g/mol. The van der Waals surface area contributed by atoms with Crippen LogP contribution in [0.3, 0.4) is 0 Å². The molecule has 31 heavy (non-hydrogen) atoms. The van der Waals surface area contributed by atoms with Crippen LogP contribution in [0.1, 0.15) is 0 Å². The molecule has 0 bridgehead atoms.